The highest BCUT2D eigenvalue weighted by Gasteiger charge is 2.42. The van der Waals surface area contributed by atoms with Gasteiger partial charge in [-0.3, -0.25) is 4.99 Å². The largest absolute Gasteiger partial charge is 0.289 e. The van der Waals surface area contributed by atoms with Crippen molar-refractivity contribution in [3.63, 3.8) is 0 Å². The quantitative estimate of drug-likeness (QED) is 0.667. The third kappa shape index (κ3) is 1.53. The molecule has 0 spiro atoms. The average molecular weight is 261 g/mol. The van der Waals surface area contributed by atoms with Crippen molar-refractivity contribution in [2.24, 2.45) is 10.9 Å². The van der Waals surface area contributed by atoms with Crippen molar-refractivity contribution in [3.05, 3.63) is 70.8 Å². The molecule has 4 unspecified atom stereocenters. The van der Waals surface area contributed by atoms with Crippen LogP contribution in [0.15, 0.2) is 53.5 Å². The molecule has 20 heavy (non-hydrogen) atoms. The molecule has 0 fully saturated rings. The molecule has 4 atom stereocenters. The molecule has 2 aromatic rings. The van der Waals surface area contributed by atoms with Gasteiger partial charge in [0.15, 0.2) is 0 Å². The number of rotatable bonds is 0. The van der Waals surface area contributed by atoms with E-state index in [9.17, 15) is 0 Å². The van der Waals surface area contributed by atoms with Gasteiger partial charge >= 0.3 is 0 Å². The lowest BCUT2D eigenvalue weighted by Gasteiger charge is -2.27. The van der Waals surface area contributed by atoms with Gasteiger partial charge in [0.2, 0.25) is 0 Å². The molecule has 0 saturated carbocycles. The van der Waals surface area contributed by atoms with E-state index in [2.05, 4.69) is 68.6 Å². The molecule has 100 valence electrons. The van der Waals surface area contributed by atoms with Crippen molar-refractivity contribution >= 4 is 6.21 Å². The van der Waals surface area contributed by atoms with Gasteiger partial charge in [-0.25, -0.2) is 0 Å². The first-order valence-electron chi connectivity index (χ1n) is 7.48. The fourth-order valence-corrected chi connectivity index (χ4v) is 4.22. The summed E-state index contributed by atoms with van der Waals surface area (Å²) in [5.41, 5.74) is 5.73. The zero-order chi connectivity index (χ0) is 13.7. The Kier molecular flexibility index (Phi) is 2.56. The minimum Gasteiger partial charge on any atom is -0.289 e. The second-order valence-electron chi connectivity index (χ2n) is 6.14. The Morgan fingerprint density at radius 1 is 0.800 bits per heavy atom. The molecule has 4 rings (SSSR count). The summed E-state index contributed by atoms with van der Waals surface area (Å²) in [6.45, 7) is 4.65. The highest BCUT2D eigenvalue weighted by molar-refractivity contribution is 5.83. The van der Waals surface area contributed by atoms with Crippen LogP contribution in [0.4, 0.5) is 0 Å². The summed E-state index contributed by atoms with van der Waals surface area (Å²) in [7, 11) is 0. The molecule has 0 radical (unpaired) electrons. The zero-order valence-electron chi connectivity index (χ0n) is 12.0. The smallest absolute Gasteiger partial charge is 0.0543 e. The Morgan fingerprint density at radius 3 is 2.25 bits per heavy atom. The van der Waals surface area contributed by atoms with Crippen LogP contribution in [0.25, 0.3) is 0 Å². The summed E-state index contributed by atoms with van der Waals surface area (Å²) in [4.78, 5) is 4.83. The summed E-state index contributed by atoms with van der Waals surface area (Å²) < 4.78 is 0. The molecule has 2 bridgehead atoms. The van der Waals surface area contributed by atoms with Crippen LogP contribution in [-0.2, 0) is 0 Å². The molecule has 0 aromatic heterocycles. The minimum atomic E-state index is 0.351. The van der Waals surface area contributed by atoms with Crippen molar-refractivity contribution in [1.29, 1.82) is 0 Å². The third-order valence-electron chi connectivity index (χ3n) is 5.08. The zero-order valence-corrected chi connectivity index (χ0v) is 12.0. The summed E-state index contributed by atoms with van der Waals surface area (Å²) in [6, 6.07) is 18.0. The van der Waals surface area contributed by atoms with Crippen LogP contribution in [0.1, 0.15) is 47.9 Å². The van der Waals surface area contributed by atoms with Gasteiger partial charge in [0.05, 0.1) is 6.04 Å². The van der Waals surface area contributed by atoms with Crippen LogP contribution < -0.4 is 0 Å². The highest BCUT2D eigenvalue weighted by atomic mass is 14.8. The summed E-state index contributed by atoms with van der Waals surface area (Å²) in [5, 5.41) is 0. The van der Waals surface area contributed by atoms with E-state index >= 15 is 0 Å². The van der Waals surface area contributed by atoms with Gasteiger partial charge in [-0.15, -0.1) is 0 Å². The average Bonchev–Trinajstić information content (AvgIpc) is 2.78. The van der Waals surface area contributed by atoms with Crippen LogP contribution in [0, 0.1) is 5.92 Å². The van der Waals surface area contributed by atoms with Crippen molar-refractivity contribution in [3.8, 4) is 0 Å². The van der Waals surface area contributed by atoms with Crippen molar-refractivity contribution in [1.82, 2.24) is 0 Å². The van der Waals surface area contributed by atoms with E-state index in [-0.39, 0.29) is 0 Å². The van der Waals surface area contributed by atoms with Crippen molar-refractivity contribution in [2.75, 3.05) is 0 Å². The first-order chi connectivity index (χ1) is 9.77. The van der Waals surface area contributed by atoms with Gasteiger partial charge < -0.3 is 0 Å². The summed E-state index contributed by atoms with van der Waals surface area (Å²) >= 11 is 0. The summed E-state index contributed by atoms with van der Waals surface area (Å²) in [5.74, 6) is 1.67. The standard InChI is InChI=1S/C19H19N/c1-12-18-13(2)20-11-14-7-3-4-8-15(14)19(12)17-10-6-5-9-16(17)18/h3-13,18-19H,1-2H3/b20-11-. The molecule has 1 aliphatic heterocycles. The number of hydrogen-bond acceptors (Lipinski definition) is 1. The minimum absolute atomic E-state index is 0.351. The van der Waals surface area contributed by atoms with E-state index in [0.717, 1.165) is 0 Å². The number of hydrogen-bond donors (Lipinski definition) is 0. The Balaban J connectivity index is 2.03. The molecule has 2 aliphatic rings. The Morgan fingerprint density at radius 2 is 1.45 bits per heavy atom. The maximum Gasteiger partial charge on any atom is 0.0543 e. The van der Waals surface area contributed by atoms with Gasteiger partial charge in [0.1, 0.15) is 0 Å². The van der Waals surface area contributed by atoms with Gasteiger partial charge in [-0.1, -0.05) is 55.5 Å². The number of aliphatic imine (C=N–C) groups is 1. The SMILES string of the molecule is CC1/N=C\c2ccccc2C2c3ccccc3C1C2C. The van der Waals surface area contributed by atoms with Crippen LogP contribution in [0.5, 0.6) is 0 Å². The Hall–Kier alpha value is -1.89. The van der Waals surface area contributed by atoms with Gasteiger partial charge in [-0.05, 0) is 35.1 Å². The van der Waals surface area contributed by atoms with Crippen LogP contribution >= 0.6 is 0 Å². The van der Waals surface area contributed by atoms with Gasteiger partial charge in [0, 0.05) is 18.1 Å². The monoisotopic (exact) mass is 261 g/mol. The van der Waals surface area contributed by atoms with Crippen LogP contribution in [0.2, 0.25) is 0 Å². The fraction of sp³-hybridized carbons (Fsp3) is 0.316. The highest BCUT2D eigenvalue weighted by Crippen LogP contribution is 2.52. The molecule has 1 heterocycles. The first-order valence-corrected chi connectivity index (χ1v) is 7.48. The van der Waals surface area contributed by atoms with Gasteiger partial charge in [0.25, 0.3) is 0 Å². The summed E-state index contributed by atoms with van der Waals surface area (Å²) in [6.07, 6.45) is 2.08. The molecule has 1 heteroatoms. The molecule has 1 aliphatic carbocycles. The molecule has 0 N–H and O–H groups in total. The molecule has 2 aromatic carbocycles. The molecule has 1 nitrogen and oxygen atoms in total. The van der Waals surface area contributed by atoms with Crippen LogP contribution in [-0.4, -0.2) is 12.3 Å². The van der Waals surface area contributed by atoms with E-state index in [1.165, 1.54) is 22.3 Å². The maximum absolute atomic E-state index is 4.83. The van der Waals surface area contributed by atoms with E-state index in [1.54, 1.807) is 0 Å². The Labute approximate surface area is 120 Å². The fourth-order valence-electron chi connectivity index (χ4n) is 4.22. The second-order valence-corrected chi connectivity index (χ2v) is 6.14. The number of nitrogens with zero attached hydrogens (tertiary/aromatic N) is 1. The maximum atomic E-state index is 4.83. The van der Waals surface area contributed by atoms with Crippen LogP contribution in [0.3, 0.4) is 0 Å². The lowest BCUT2D eigenvalue weighted by molar-refractivity contribution is 0.409. The molecular weight excluding hydrogens is 242 g/mol. The lowest BCUT2D eigenvalue weighted by atomic mass is 9.79. The first kappa shape index (κ1) is 11.9. The van der Waals surface area contributed by atoms with Crippen molar-refractivity contribution in [2.45, 2.75) is 31.7 Å². The van der Waals surface area contributed by atoms with Gasteiger partial charge in [-0.2, -0.15) is 0 Å². The van der Waals surface area contributed by atoms with E-state index in [1.807, 2.05) is 0 Å². The molecular formula is C19H19N. The number of fused-ring (bicyclic) bond motifs is 7. The van der Waals surface area contributed by atoms with E-state index < -0.39 is 0 Å². The normalized spacial score (nSPS) is 31.9. The Bertz CT molecular complexity index is 686. The van der Waals surface area contributed by atoms with Crippen molar-refractivity contribution < 1.29 is 0 Å². The number of benzene rings is 2. The lowest BCUT2D eigenvalue weighted by Crippen LogP contribution is -2.21. The predicted molar refractivity (Wildman–Crippen MR) is 83.7 cm³/mol. The topological polar surface area (TPSA) is 12.4 Å². The van der Waals surface area contributed by atoms with E-state index in [4.69, 9.17) is 4.99 Å². The second kappa shape index (κ2) is 4.31. The predicted octanol–water partition coefficient (Wildman–Crippen LogP) is 4.37. The molecule has 0 saturated heterocycles. The molecule has 0 amide bonds. The van der Waals surface area contributed by atoms with E-state index in [0.29, 0.717) is 23.8 Å². The third-order valence-corrected chi connectivity index (χ3v) is 5.08.